The summed E-state index contributed by atoms with van der Waals surface area (Å²) in [4.78, 5) is 26.8. The van der Waals surface area contributed by atoms with Crippen molar-refractivity contribution in [1.29, 1.82) is 0 Å². The summed E-state index contributed by atoms with van der Waals surface area (Å²) in [6.07, 6.45) is -8.18. The molecule has 2 rings (SSSR count). The molecule has 1 atom stereocenters. The Morgan fingerprint density at radius 2 is 1.84 bits per heavy atom. The van der Waals surface area contributed by atoms with Crippen LogP contribution >= 0.6 is 0 Å². The summed E-state index contributed by atoms with van der Waals surface area (Å²) >= 11 is 0. The molecule has 0 radical (unpaired) electrons. The predicted octanol–water partition coefficient (Wildman–Crippen LogP) is 4.25. The summed E-state index contributed by atoms with van der Waals surface area (Å²) in [6.45, 7) is 1.49. The van der Waals surface area contributed by atoms with Gasteiger partial charge in [-0.2, -0.15) is 26.3 Å². The molecule has 1 aromatic heterocycles. The lowest BCUT2D eigenvalue weighted by molar-refractivity contribution is -0.173. The molecule has 1 heterocycles. The molecule has 0 saturated heterocycles. The smallest absolute Gasteiger partial charge is 0.471 e. The molecule has 12 heteroatoms. The zero-order chi connectivity index (χ0) is 23.4. The first-order valence-corrected chi connectivity index (χ1v) is 9.05. The van der Waals surface area contributed by atoms with Gasteiger partial charge in [-0.15, -0.1) is 0 Å². The third-order valence-electron chi connectivity index (χ3n) is 4.32. The number of ether oxygens (including phenoxy) is 1. The Balaban J connectivity index is 2.21. The normalized spacial score (nSPS) is 13.0. The van der Waals surface area contributed by atoms with Crippen molar-refractivity contribution in [3.05, 3.63) is 30.0 Å². The number of methoxy groups -OCH3 is 1. The van der Waals surface area contributed by atoms with Crippen molar-refractivity contribution in [1.82, 2.24) is 10.3 Å². The van der Waals surface area contributed by atoms with Crippen molar-refractivity contribution >= 4 is 28.3 Å². The van der Waals surface area contributed by atoms with Crippen LogP contribution in [-0.2, 0) is 4.79 Å². The average molecular weight is 451 g/mol. The van der Waals surface area contributed by atoms with E-state index in [1.807, 2.05) is 0 Å². The number of fused-ring (bicyclic) bond motifs is 1. The van der Waals surface area contributed by atoms with Crippen LogP contribution in [0.3, 0.4) is 0 Å². The first-order chi connectivity index (χ1) is 14.4. The van der Waals surface area contributed by atoms with Crippen molar-refractivity contribution in [2.45, 2.75) is 38.2 Å². The number of aromatic nitrogens is 1. The molecular weight excluding hydrogens is 432 g/mol. The van der Waals surface area contributed by atoms with Crippen LogP contribution in [0.4, 0.5) is 32.0 Å². The molecule has 0 spiro atoms. The standard InChI is InChI=1S/C19H19F6N3O3/c1-10(5-3-8-27-17(30)19(23,24)25)28-12-9-13(31-2)14(16(29)18(20,21)22)11-6-4-7-26-15(11)12/h4,6-7,9-10,28H,3,5,8H2,1-2H3,(H,27,30). The van der Waals surface area contributed by atoms with Gasteiger partial charge in [0.2, 0.25) is 0 Å². The zero-order valence-electron chi connectivity index (χ0n) is 16.4. The monoisotopic (exact) mass is 451 g/mol. The lowest BCUT2D eigenvalue weighted by Crippen LogP contribution is -2.37. The number of nitrogens with one attached hydrogen (secondary N) is 2. The highest BCUT2D eigenvalue weighted by Crippen LogP contribution is 2.37. The van der Waals surface area contributed by atoms with Crippen LogP contribution in [0, 0.1) is 0 Å². The summed E-state index contributed by atoms with van der Waals surface area (Å²) in [5.41, 5.74) is -0.266. The van der Waals surface area contributed by atoms with Crippen LogP contribution in [-0.4, -0.2) is 48.7 Å². The fraction of sp³-hybridized carbons (Fsp3) is 0.421. The average Bonchev–Trinajstić information content (AvgIpc) is 2.68. The number of rotatable bonds is 8. The second kappa shape index (κ2) is 9.40. The number of alkyl halides is 6. The molecule has 0 aliphatic carbocycles. The summed E-state index contributed by atoms with van der Waals surface area (Å²) in [6, 6.07) is 3.57. The fourth-order valence-corrected chi connectivity index (χ4v) is 2.92. The molecule has 0 aliphatic rings. The van der Waals surface area contributed by atoms with Gasteiger partial charge in [0.25, 0.3) is 5.78 Å². The number of pyridine rings is 1. The minimum absolute atomic E-state index is 0.0590. The van der Waals surface area contributed by atoms with Gasteiger partial charge < -0.3 is 15.4 Å². The van der Waals surface area contributed by atoms with E-state index in [0.29, 0.717) is 6.42 Å². The Bertz CT molecular complexity index is 959. The molecule has 6 nitrogen and oxygen atoms in total. The van der Waals surface area contributed by atoms with Crippen molar-refractivity contribution < 1.29 is 40.7 Å². The minimum Gasteiger partial charge on any atom is -0.496 e. The topological polar surface area (TPSA) is 80.3 Å². The number of nitrogens with zero attached hydrogens (tertiary/aromatic N) is 1. The molecule has 0 saturated carbocycles. The molecule has 2 N–H and O–H groups in total. The lowest BCUT2D eigenvalue weighted by Gasteiger charge is -2.20. The second-order valence-corrected chi connectivity index (χ2v) is 6.67. The largest absolute Gasteiger partial charge is 0.496 e. The number of ketones is 1. The number of amides is 1. The van der Waals surface area contributed by atoms with Crippen LogP contribution in [0.2, 0.25) is 0 Å². The van der Waals surface area contributed by atoms with E-state index in [2.05, 4.69) is 10.3 Å². The number of halogens is 6. The molecule has 1 amide bonds. The van der Waals surface area contributed by atoms with Gasteiger partial charge in [0.15, 0.2) is 0 Å². The molecule has 1 aromatic carbocycles. The number of anilines is 1. The molecule has 31 heavy (non-hydrogen) atoms. The van der Waals surface area contributed by atoms with Crippen LogP contribution < -0.4 is 15.4 Å². The Labute approximate surface area is 173 Å². The number of hydrogen-bond acceptors (Lipinski definition) is 5. The summed E-state index contributed by atoms with van der Waals surface area (Å²) < 4.78 is 80.7. The van der Waals surface area contributed by atoms with Crippen LogP contribution in [0.25, 0.3) is 10.9 Å². The second-order valence-electron chi connectivity index (χ2n) is 6.67. The molecule has 2 aromatic rings. The highest BCUT2D eigenvalue weighted by molar-refractivity contribution is 6.14. The van der Waals surface area contributed by atoms with Crippen LogP contribution in [0.15, 0.2) is 24.4 Å². The molecular formula is C19H19F6N3O3. The van der Waals surface area contributed by atoms with E-state index < -0.39 is 29.6 Å². The maximum absolute atomic E-state index is 13.1. The Morgan fingerprint density at radius 1 is 1.16 bits per heavy atom. The summed E-state index contributed by atoms with van der Waals surface area (Å²) in [5, 5.41) is 4.71. The maximum atomic E-state index is 13.1. The molecule has 0 aliphatic heterocycles. The number of benzene rings is 1. The highest BCUT2D eigenvalue weighted by Gasteiger charge is 2.42. The molecule has 0 fully saturated rings. The number of carbonyl (C=O) groups excluding carboxylic acids is 2. The van der Waals surface area contributed by atoms with Gasteiger partial charge >= 0.3 is 18.3 Å². The third kappa shape index (κ3) is 5.98. The van der Waals surface area contributed by atoms with E-state index in [1.165, 1.54) is 24.4 Å². The van der Waals surface area contributed by atoms with Gasteiger partial charge in [-0.25, -0.2) is 0 Å². The first kappa shape index (κ1) is 24.2. The quantitative estimate of drug-likeness (QED) is 0.357. The lowest BCUT2D eigenvalue weighted by atomic mass is 10.0. The molecule has 0 bridgehead atoms. The van der Waals surface area contributed by atoms with Crippen molar-refractivity contribution in [2.24, 2.45) is 0 Å². The van der Waals surface area contributed by atoms with Crippen molar-refractivity contribution in [2.75, 3.05) is 19.0 Å². The van der Waals surface area contributed by atoms with Gasteiger partial charge in [0, 0.05) is 30.2 Å². The van der Waals surface area contributed by atoms with Gasteiger partial charge in [0.05, 0.1) is 23.9 Å². The Hall–Kier alpha value is -3.05. The highest BCUT2D eigenvalue weighted by atomic mass is 19.4. The third-order valence-corrected chi connectivity index (χ3v) is 4.32. The molecule has 170 valence electrons. The number of carbonyl (C=O) groups is 2. The number of hydrogen-bond donors (Lipinski definition) is 2. The van der Waals surface area contributed by atoms with Gasteiger partial charge in [-0.05, 0) is 25.8 Å². The number of Topliss-reactive ketones (excluding diaryl/α,β-unsaturated/α-hetero) is 1. The fourth-order valence-electron chi connectivity index (χ4n) is 2.92. The minimum atomic E-state index is -5.11. The van der Waals surface area contributed by atoms with Gasteiger partial charge in [0.1, 0.15) is 5.75 Å². The summed E-state index contributed by atoms with van der Waals surface area (Å²) in [5.74, 6) is -4.39. The Kier molecular flexibility index (Phi) is 7.34. The van der Waals surface area contributed by atoms with Gasteiger partial charge in [-0.1, -0.05) is 6.07 Å². The van der Waals surface area contributed by atoms with Gasteiger partial charge in [-0.3, -0.25) is 14.6 Å². The SMILES string of the molecule is COc1cc(NC(C)CCCNC(=O)C(F)(F)F)c2ncccc2c1C(=O)C(F)(F)F. The van der Waals surface area contributed by atoms with E-state index in [4.69, 9.17) is 4.74 Å². The van der Waals surface area contributed by atoms with E-state index in [9.17, 15) is 35.9 Å². The van der Waals surface area contributed by atoms with Crippen molar-refractivity contribution in [3.8, 4) is 5.75 Å². The van der Waals surface area contributed by atoms with E-state index >= 15 is 0 Å². The van der Waals surface area contributed by atoms with E-state index in [1.54, 1.807) is 12.2 Å². The predicted molar refractivity (Wildman–Crippen MR) is 100 cm³/mol. The van der Waals surface area contributed by atoms with Crippen LogP contribution in [0.1, 0.15) is 30.1 Å². The first-order valence-electron chi connectivity index (χ1n) is 9.05. The summed E-state index contributed by atoms with van der Waals surface area (Å²) in [7, 11) is 1.13. The van der Waals surface area contributed by atoms with Crippen LogP contribution in [0.5, 0.6) is 5.75 Å². The van der Waals surface area contributed by atoms with E-state index in [-0.39, 0.29) is 41.3 Å². The van der Waals surface area contributed by atoms with Crippen molar-refractivity contribution in [3.63, 3.8) is 0 Å². The zero-order valence-corrected chi connectivity index (χ0v) is 16.4. The van der Waals surface area contributed by atoms with E-state index in [0.717, 1.165) is 7.11 Å². The molecule has 1 unspecified atom stereocenters. The maximum Gasteiger partial charge on any atom is 0.471 e. The Morgan fingerprint density at radius 3 is 2.42 bits per heavy atom.